The third-order valence-electron chi connectivity index (χ3n) is 4.27. The average Bonchev–Trinajstić information content (AvgIpc) is 2.73. The molecule has 29 heavy (non-hydrogen) atoms. The van der Waals surface area contributed by atoms with E-state index in [0.29, 0.717) is 17.2 Å². The van der Waals surface area contributed by atoms with Crippen LogP contribution in [0.15, 0.2) is 66.9 Å². The Balaban J connectivity index is 1.67. The minimum absolute atomic E-state index is 0.137. The number of nitrogens with one attached hydrogen (secondary N) is 1. The van der Waals surface area contributed by atoms with Crippen molar-refractivity contribution in [1.82, 2.24) is 15.0 Å². The molecule has 2 aromatic carbocycles. The van der Waals surface area contributed by atoms with Gasteiger partial charge in [-0.05, 0) is 36.4 Å². The highest BCUT2D eigenvalue weighted by atomic mass is 19.4. The lowest BCUT2D eigenvalue weighted by Crippen LogP contribution is -2.05. The van der Waals surface area contributed by atoms with Gasteiger partial charge in [-0.25, -0.2) is 0 Å². The van der Waals surface area contributed by atoms with Gasteiger partial charge in [0.25, 0.3) is 0 Å². The highest BCUT2D eigenvalue weighted by molar-refractivity contribution is 5.83. The van der Waals surface area contributed by atoms with Crippen LogP contribution in [0.5, 0.6) is 6.01 Å². The fraction of sp³-hybridized carbons (Fsp3) is 0.0952. The van der Waals surface area contributed by atoms with Gasteiger partial charge in [-0.3, -0.25) is 4.98 Å². The maximum absolute atomic E-state index is 12.7. The molecule has 0 atom stereocenters. The van der Waals surface area contributed by atoms with E-state index < -0.39 is 11.7 Å². The van der Waals surface area contributed by atoms with Crippen LogP contribution < -0.4 is 10.1 Å². The molecular weight excluding hydrogens is 381 g/mol. The first-order valence-corrected chi connectivity index (χ1v) is 8.65. The predicted molar refractivity (Wildman–Crippen MR) is 104 cm³/mol. The largest absolute Gasteiger partial charge is 0.467 e. The second-order valence-corrected chi connectivity index (χ2v) is 6.24. The summed E-state index contributed by atoms with van der Waals surface area (Å²) in [6.45, 7) is 0. The summed E-state index contributed by atoms with van der Waals surface area (Å²) in [7, 11) is 1.45. The number of anilines is 2. The number of halogens is 3. The number of fused-ring (bicyclic) bond motifs is 1. The molecular formula is C21H15F3N4O. The fourth-order valence-electron chi connectivity index (χ4n) is 2.84. The van der Waals surface area contributed by atoms with Gasteiger partial charge >= 0.3 is 12.2 Å². The standard InChI is InChI=1S/C21H15F3N4O/c1-29-20-27-18(14-5-4-13-3-2-10-25-17(13)11-14)12-19(28-20)26-16-8-6-15(7-9-16)21(22,23)24/h2-12H,1H3,(H,26,27,28). The highest BCUT2D eigenvalue weighted by Crippen LogP contribution is 2.31. The van der Waals surface area contributed by atoms with Crippen LogP contribution in [0.2, 0.25) is 0 Å². The summed E-state index contributed by atoms with van der Waals surface area (Å²) < 4.78 is 43.4. The SMILES string of the molecule is COc1nc(Nc2ccc(C(F)(F)F)cc2)cc(-c2ccc3cccnc3c2)n1. The van der Waals surface area contributed by atoms with Crippen molar-refractivity contribution in [3.05, 3.63) is 72.4 Å². The van der Waals surface area contributed by atoms with E-state index in [0.717, 1.165) is 28.6 Å². The zero-order valence-corrected chi connectivity index (χ0v) is 15.2. The second-order valence-electron chi connectivity index (χ2n) is 6.24. The molecule has 2 heterocycles. The summed E-state index contributed by atoms with van der Waals surface area (Å²) >= 11 is 0. The Morgan fingerprint density at radius 1 is 0.931 bits per heavy atom. The van der Waals surface area contributed by atoms with Crippen molar-refractivity contribution >= 4 is 22.4 Å². The third kappa shape index (κ3) is 4.11. The quantitative estimate of drug-likeness (QED) is 0.496. The van der Waals surface area contributed by atoms with Gasteiger partial charge in [0.15, 0.2) is 0 Å². The first-order valence-electron chi connectivity index (χ1n) is 8.65. The van der Waals surface area contributed by atoms with Crippen molar-refractivity contribution in [1.29, 1.82) is 0 Å². The number of nitrogens with zero attached hydrogens (tertiary/aromatic N) is 3. The van der Waals surface area contributed by atoms with E-state index in [1.165, 1.54) is 19.2 Å². The molecule has 0 aliphatic heterocycles. The molecule has 146 valence electrons. The van der Waals surface area contributed by atoms with E-state index in [9.17, 15) is 13.2 Å². The van der Waals surface area contributed by atoms with Gasteiger partial charge < -0.3 is 10.1 Å². The summed E-state index contributed by atoms with van der Waals surface area (Å²) in [4.78, 5) is 12.9. The van der Waals surface area contributed by atoms with Crippen LogP contribution >= 0.6 is 0 Å². The minimum Gasteiger partial charge on any atom is -0.467 e. The number of ether oxygens (including phenoxy) is 1. The smallest absolute Gasteiger partial charge is 0.416 e. The van der Waals surface area contributed by atoms with E-state index in [2.05, 4.69) is 20.3 Å². The van der Waals surface area contributed by atoms with Gasteiger partial charge in [0.1, 0.15) is 5.82 Å². The zero-order chi connectivity index (χ0) is 20.4. The molecule has 0 radical (unpaired) electrons. The van der Waals surface area contributed by atoms with Crippen LogP contribution in [0.3, 0.4) is 0 Å². The number of alkyl halides is 3. The molecule has 0 saturated heterocycles. The van der Waals surface area contributed by atoms with Crippen molar-refractivity contribution in [3.8, 4) is 17.3 Å². The predicted octanol–water partition coefficient (Wildman–Crippen LogP) is 5.46. The van der Waals surface area contributed by atoms with Crippen LogP contribution in [-0.2, 0) is 6.18 Å². The van der Waals surface area contributed by atoms with Crippen molar-refractivity contribution in [2.45, 2.75) is 6.18 Å². The first kappa shape index (κ1) is 18.7. The highest BCUT2D eigenvalue weighted by Gasteiger charge is 2.29. The molecule has 0 aliphatic carbocycles. The van der Waals surface area contributed by atoms with Gasteiger partial charge in [-0.2, -0.15) is 23.1 Å². The lowest BCUT2D eigenvalue weighted by Gasteiger charge is -2.11. The van der Waals surface area contributed by atoms with E-state index in [1.54, 1.807) is 12.3 Å². The van der Waals surface area contributed by atoms with Crippen LogP contribution in [-0.4, -0.2) is 22.1 Å². The van der Waals surface area contributed by atoms with Crippen molar-refractivity contribution < 1.29 is 17.9 Å². The Kier molecular flexibility index (Phi) is 4.75. The lowest BCUT2D eigenvalue weighted by molar-refractivity contribution is -0.137. The second kappa shape index (κ2) is 7.38. The molecule has 8 heteroatoms. The van der Waals surface area contributed by atoms with Gasteiger partial charge in [-0.15, -0.1) is 0 Å². The topological polar surface area (TPSA) is 59.9 Å². The Bertz CT molecular complexity index is 1160. The molecule has 0 spiro atoms. The fourth-order valence-corrected chi connectivity index (χ4v) is 2.84. The van der Waals surface area contributed by atoms with Gasteiger partial charge in [0.2, 0.25) is 0 Å². The van der Waals surface area contributed by atoms with Crippen molar-refractivity contribution in [2.75, 3.05) is 12.4 Å². The first-order chi connectivity index (χ1) is 13.9. The van der Waals surface area contributed by atoms with E-state index in [-0.39, 0.29) is 6.01 Å². The summed E-state index contributed by atoms with van der Waals surface area (Å²) in [5.74, 6) is 0.396. The lowest BCUT2D eigenvalue weighted by atomic mass is 10.1. The van der Waals surface area contributed by atoms with Crippen LogP contribution in [0.4, 0.5) is 24.7 Å². The average molecular weight is 396 g/mol. The van der Waals surface area contributed by atoms with Gasteiger partial charge in [0, 0.05) is 28.9 Å². The van der Waals surface area contributed by atoms with Crippen LogP contribution in [0.25, 0.3) is 22.2 Å². The maximum atomic E-state index is 12.7. The van der Waals surface area contributed by atoms with E-state index >= 15 is 0 Å². The molecule has 5 nitrogen and oxygen atoms in total. The summed E-state index contributed by atoms with van der Waals surface area (Å²) in [6, 6.07) is 16.1. The number of hydrogen-bond donors (Lipinski definition) is 1. The maximum Gasteiger partial charge on any atom is 0.416 e. The molecule has 0 bridgehead atoms. The van der Waals surface area contributed by atoms with E-state index in [1.807, 2.05) is 30.3 Å². The molecule has 0 fully saturated rings. The van der Waals surface area contributed by atoms with Crippen molar-refractivity contribution in [2.24, 2.45) is 0 Å². The number of benzene rings is 2. The molecule has 0 aliphatic rings. The van der Waals surface area contributed by atoms with Crippen molar-refractivity contribution in [3.63, 3.8) is 0 Å². The Labute approximate surface area is 164 Å². The molecule has 0 amide bonds. The molecule has 4 aromatic rings. The molecule has 2 aromatic heterocycles. The summed E-state index contributed by atoms with van der Waals surface area (Å²) in [5.41, 5.74) is 1.98. The van der Waals surface area contributed by atoms with Gasteiger partial charge in [0.05, 0.1) is 23.9 Å². The third-order valence-corrected chi connectivity index (χ3v) is 4.27. The zero-order valence-electron chi connectivity index (χ0n) is 15.2. The Morgan fingerprint density at radius 3 is 2.45 bits per heavy atom. The van der Waals surface area contributed by atoms with Crippen LogP contribution in [0, 0.1) is 0 Å². The number of hydrogen-bond acceptors (Lipinski definition) is 5. The summed E-state index contributed by atoms with van der Waals surface area (Å²) in [5, 5.41) is 3.99. The molecule has 4 rings (SSSR count). The molecule has 0 unspecified atom stereocenters. The normalized spacial score (nSPS) is 11.4. The van der Waals surface area contributed by atoms with E-state index in [4.69, 9.17) is 4.74 Å². The van der Waals surface area contributed by atoms with Crippen LogP contribution in [0.1, 0.15) is 5.56 Å². The number of aromatic nitrogens is 3. The Morgan fingerprint density at radius 2 is 1.72 bits per heavy atom. The summed E-state index contributed by atoms with van der Waals surface area (Å²) in [6.07, 6.45) is -2.67. The molecule has 1 N–H and O–H groups in total. The number of methoxy groups -OCH3 is 1. The minimum atomic E-state index is -4.38. The van der Waals surface area contributed by atoms with Gasteiger partial charge in [-0.1, -0.05) is 18.2 Å². The monoisotopic (exact) mass is 396 g/mol. The molecule has 0 saturated carbocycles. The number of pyridine rings is 1. The number of rotatable bonds is 4. The Hall–Kier alpha value is -3.68.